The first kappa shape index (κ1) is 16.1. The predicted octanol–water partition coefficient (Wildman–Crippen LogP) is 2.25. The second-order valence-electron chi connectivity index (χ2n) is 6.54. The number of Topliss-reactive ketones (excluding diaryl/α,β-unsaturated/α-hetero) is 1. The van der Waals surface area contributed by atoms with Gasteiger partial charge in [0.2, 0.25) is 5.91 Å². The molecule has 1 aromatic rings. The average molecular weight is 318 g/mol. The van der Waals surface area contributed by atoms with Crippen molar-refractivity contribution in [3.63, 3.8) is 0 Å². The van der Waals surface area contributed by atoms with Crippen molar-refractivity contribution in [2.75, 3.05) is 26.2 Å². The average Bonchev–Trinajstić information content (AvgIpc) is 2.62. The lowest BCUT2D eigenvalue weighted by Gasteiger charge is -2.35. The Labute approximate surface area is 136 Å². The number of carbonyl (C=O) groups is 2. The molecular formula is C18H23FN2O2. The minimum Gasteiger partial charge on any atom is -0.342 e. The highest BCUT2D eigenvalue weighted by Crippen LogP contribution is 2.24. The van der Waals surface area contributed by atoms with Gasteiger partial charge in [-0.2, -0.15) is 0 Å². The third kappa shape index (κ3) is 3.78. The number of nitrogens with one attached hydrogen (secondary N) is 1. The van der Waals surface area contributed by atoms with Crippen LogP contribution in [0.1, 0.15) is 36.0 Å². The van der Waals surface area contributed by atoms with E-state index in [0.717, 1.165) is 45.3 Å². The second kappa shape index (κ2) is 7.21. The fourth-order valence-corrected chi connectivity index (χ4v) is 3.56. The Kier molecular flexibility index (Phi) is 5.06. The summed E-state index contributed by atoms with van der Waals surface area (Å²) in [5.41, 5.74) is 0.532. The molecule has 3 rings (SSSR count). The first-order valence-corrected chi connectivity index (χ1v) is 8.44. The van der Waals surface area contributed by atoms with Crippen LogP contribution in [0.25, 0.3) is 0 Å². The molecule has 2 unspecified atom stereocenters. The fourth-order valence-electron chi connectivity index (χ4n) is 3.56. The molecule has 2 heterocycles. The molecule has 0 spiro atoms. The van der Waals surface area contributed by atoms with Crippen LogP contribution < -0.4 is 5.32 Å². The Morgan fingerprint density at radius 3 is 2.52 bits per heavy atom. The molecule has 1 N–H and O–H groups in total. The highest BCUT2D eigenvalue weighted by atomic mass is 19.1. The Hall–Kier alpha value is -1.75. The summed E-state index contributed by atoms with van der Waals surface area (Å²) in [5.74, 6) is -0.275. The van der Waals surface area contributed by atoms with E-state index in [4.69, 9.17) is 0 Å². The number of hydrogen-bond acceptors (Lipinski definition) is 3. The van der Waals surface area contributed by atoms with E-state index < -0.39 is 0 Å². The van der Waals surface area contributed by atoms with E-state index >= 15 is 0 Å². The third-order valence-corrected chi connectivity index (χ3v) is 4.88. The van der Waals surface area contributed by atoms with Gasteiger partial charge in [-0.3, -0.25) is 9.59 Å². The van der Waals surface area contributed by atoms with Crippen molar-refractivity contribution in [3.8, 4) is 0 Å². The summed E-state index contributed by atoms with van der Waals surface area (Å²) < 4.78 is 13.0. The molecule has 1 amide bonds. The smallest absolute Gasteiger partial charge is 0.226 e. The molecule has 0 saturated carbocycles. The van der Waals surface area contributed by atoms with E-state index in [1.54, 1.807) is 0 Å². The van der Waals surface area contributed by atoms with E-state index in [1.807, 2.05) is 4.90 Å². The van der Waals surface area contributed by atoms with Gasteiger partial charge in [0.15, 0.2) is 5.78 Å². The maximum Gasteiger partial charge on any atom is 0.226 e. The van der Waals surface area contributed by atoms with Crippen LogP contribution >= 0.6 is 0 Å². The van der Waals surface area contributed by atoms with Crippen molar-refractivity contribution >= 4 is 11.7 Å². The van der Waals surface area contributed by atoms with Crippen LogP contribution in [0.2, 0.25) is 0 Å². The Bertz CT molecular complexity index is 567. The van der Waals surface area contributed by atoms with Crippen LogP contribution in [-0.2, 0) is 4.79 Å². The molecule has 2 aliphatic rings. The molecule has 23 heavy (non-hydrogen) atoms. The van der Waals surface area contributed by atoms with Crippen molar-refractivity contribution in [1.29, 1.82) is 0 Å². The molecule has 2 atom stereocenters. The summed E-state index contributed by atoms with van der Waals surface area (Å²) in [6.07, 6.45) is 3.60. The molecule has 0 aliphatic carbocycles. The van der Waals surface area contributed by atoms with Gasteiger partial charge in [-0.1, -0.05) is 0 Å². The topological polar surface area (TPSA) is 49.4 Å². The Morgan fingerprint density at radius 1 is 1.09 bits per heavy atom. The summed E-state index contributed by atoms with van der Waals surface area (Å²) in [6.45, 7) is 2.95. The summed E-state index contributed by atoms with van der Waals surface area (Å²) >= 11 is 0. The number of hydrogen-bond donors (Lipinski definition) is 1. The van der Waals surface area contributed by atoms with Crippen molar-refractivity contribution in [2.24, 2.45) is 11.8 Å². The number of nitrogens with zero attached hydrogens (tertiary/aromatic N) is 1. The van der Waals surface area contributed by atoms with Crippen molar-refractivity contribution in [2.45, 2.75) is 25.7 Å². The van der Waals surface area contributed by atoms with Gasteiger partial charge in [-0.15, -0.1) is 0 Å². The van der Waals surface area contributed by atoms with Gasteiger partial charge in [0.1, 0.15) is 5.82 Å². The Balaban J connectivity index is 1.64. The van der Waals surface area contributed by atoms with E-state index in [2.05, 4.69) is 5.32 Å². The number of carbonyl (C=O) groups excluding carboxylic acids is 2. The zero-order valence-corrected chi connectivity index (χ0v) is 13.3. The van der Waals surface area contributed by atoms with E-state index in [0.29, 0.717) is 12.1 Å². The Morgan fingerprint density at radius 2 is 1.83 bits per heavy atom. The molecule has 124 valence electrons. The van der Waals surface area contributed by atoms with Crippen molar-refractivity contribution in [1.82, 2.24) is 10.2 Å². The molecule has 0 aromatic heterocycles. The molecule has 1 aromatic carbocycles. The second-order valence-corrected chi connectivity index (χ2v) is 6.54. The molecular weight excluding hydrogens is 295 g/mol. The van der Waals surface area contributed by atoms with Gasteiger partial charge in [0.25, 0.3) is 0 Å². The van der Waals surface area contributed by atoms with Gasteiger partial charge in [0.05, 0.1) is 5.92 Å². The van der Waals surface area contributed by atoms with Crippen LogP contribution in [0, 0.1) is 17.7 Å². The fraction of sp³-hybridized carbons (Fsp3) is 0.556. The summed E-state index contributed by atoms with van der Waals surface area (Å²) in [5, 5.41) is 3.27. The number of likely N-dealkylation sites (tertiary alicyclic amines) is 1. The van der Waals surface area contributed by atoms with Gasteiger partial charge in [0, 0.05) is 31.1 Å². The number of ketones is 1. The zero-order valence-electron chi connectivity index (χ0n) is 13.3. The normalized spacial score (nSPS) is 25.2. The van der Waals surface area contributed by atoms with Gasteiger partial charge in [-0.25, -0.2) is 4.39 Å². The highest BCUT2D eigenvalue weighted by molar-refractivity contribution is 5.98. The molecule has 0 radical (unpaired) electrons. The van der Waals surface area contributed by atoms with Gasteiger partial charge >= 0.3 is 0 Å². The summed E-state index contributed by atoms with van der Waals surface area (Å²) in [6, 6.07) is 5.69. The van der Waals surface area contributed by atoms with Crippen LogP contribution in [-0.4, -0.2) is 42.8 Å². The first-order chi connectivity index (χ1) is 11.1. The minimum absolute atomic E-state index is 0.0178. The minimum atomic E-state index is -0.341. The lowest BCUT2D eigenvalue weighted by molar-refractivity contribution is -0.137. The standard InChI is InChI=1S/C18H23FN2O2/c19-16-7-5-13(6-8-16)17(22)15-4-2-10-21(12-15)18(23)14-3-1-9-20-11-14/h5-8,14-15,20H,1-4,9-12H2. The maximum absolute atomic E-state index is 13.0. The highest BCUT2D eigenvalue weighted by Gasteiger charge is 2.32. The SMILES string of the molecule is O=C(c1ccc(F)cc1)C1CCCN(C(=O)C2CCCNC2)C1. The monoisotopic (exact) mass is 318 g/mol. The zero-order chi connectivity index (χ0) is 16.2. The number of benzene rings is 1. The molecule has 2 saturated heterocycles. The van der Waals surface area contributed by atoms with E-state index in [9.17, 15) is 14.0 Å². The van der Waals surface area contributed by atoms with Crippen LogP contribution in [0.3, 0.4) is 0 Å². The van der Waals surface area contributed by atoms with E-state index in [-0.39, 0.29) is 29.3 Å². The number of amides is 1. The van der Waals surface area contributed by atoms with Gasteiger partial charge < -0.3 is 10.2 Å². The van der Waals surface area contributed by atoms with Crippen molar-refractivity contribution in [3.05, 3.63) is 35.6 Å². The molecule has 4 nitrogen and oxygen atoms in total. The number of piperidine rings is 2. The molecule has 0 bridgehead atoms. The maximum atomic E-state index is 13.0. The largest absolute Gasteiger partial charge is 0.342 e. The van der Waals surface area contributed by atoms with Gasteiger partial charge in [-0.05, 0) is 56.5 Å². The quantitative estimate of drug-likeness (QED) is 0.870. The molecule has 2 fully saturated rings. The molecule has 5 heteroatoms. The number of rotatable bonds is 3. The lowest BCUT2D eigenvalue weighted by atomic mass is 9.88. The summed E-state index contributed by atoms with van der Waals surface area (Å²) in [4.78, 5) is 27.1. The number of halogens is 1. The van der Waals surface area contributed by atoms with Crippen LogP contribution in [0.4, 0.5) is 4.39 Å². The van der Waals surface area contributed by atoms with E-state index in [1.165, 1.54) is 24.3 Å². The summed E-state index contributed by atoms with van der Waals surface area (Å²) in [7, 11) is 0. The third-order valence-electron chi connectivity index (χ3n) is 4.88. The lowest BCUT2D eigenvalue weighted by Crippen LogP contribution is -2.48. The van der Waals surface area contributed by atoms with Crippen molar-refractivity contribution < 1.29 is 14.0 Å². The van der Waals surface area contributed by atoms with Crippen LogP contribution in [0.5, 0.6) is 0 Å². The predicted molar refractivity (Wildman–Crippen MR) is 85.6 cm³/mol. The molecule has 2 aliphatic heterocycles. The van der Waals surface area contributed by atoms with Crippen LogP contribution in [0.15, 0.2) is 24.3 Å². The first-order valence-electron chi connectivity index (χ1n) is 8.44.